The predicted molar refractivity (Wildman–Crippen MR) is 51.0 cm³/mol. The van der Waals surface area contributed by atoms with Crippen LogP contribution in [-0.4, -0.2) is 16.2 Å². The number of hydrogen-bond acceptors (Lipinski definition) is 1. The van der Waals surface area contributed by atoms with Gasteiger partial charge in [-0.1, -0.05) is 6.92 Å². The topological polar surface area (TPSA) is 3.24 Å². The summed E-state index contributed by atoms with van der Waals surface area (Å²) in [5, 5.41) is 0. The van der Waals surface area contributed by atoms with E-state index in [9.17, 15) is 0 Å². The van der Waals surface area contributed by atoms with E-state index < -0.39 is 0 Å². The van der Waals surface area contributed by atoms with Gasteiger partial charge in [0.1, 0.15) is 0 Å². The van der Waals surface area contributed by atoms with E-state index in [1.165, 1.54) is 25.9 Å². The van der Waals surface area contributed by atoms with Crippen molar-refractivity contribution in [3.8, 4) is 0 Å². The first kappa shape index (κ1) is 7.35. The highest BCUT2D eigenvalue weighted by Gasteiger charge is 2.38. The van der Waals surface area contributed by atoms with Gasteiger partial charge in [0, 0.05) is 36.0 Å². The van der Waals surface area contributed by atoms with E-state index in [0.717, 1.165) is 17.8 Å². The van der Waals surface area contributed by atoms with Crippen LogP contribution < -0.4 is 0 Å². The molecule has 0 N–H and O–H groups in total. The summed E-state index contributed by atoms with van der Waals surface area (Å²) in [6.45, 7) is 5.11. The number of fused-ring (bicyclic) bond motifs is 1. The van der Waals surface area contributed by atoms with E-state index in [4.69, 9.17) is 0 Å². The molecule has 1 aliphatic carbocycles. The summed E-state index contributed by atoms with van der Waals surface area (Å²) in [4.78, 5) is 0. The largest absolute Gasteiger partial charge is 0.247 e. The molecule has 1 aliphatic heterocycles. The van der Waals surface area contributed by atoms with Crippen LogP contribution in [0.1, 0.15) is 19.8 Å². The van der Waals surface area contributed by atoms with Crippen molar-refractivity contribution in [3.05, 3.63) is 0 Å². The van der Waals surface area contributed by atoms with Gasteiger partial charge in [-0.25, -0.2) is 3.11 Å². The number of nitrogens with zero attached hydrogens (tertiary/aromatic N) is 1. The molecule has 0 bridgehead atoms. The molecule has 2 atom stereocenters. The molecule has 0 amide bonds. The highest BCUT2D eigenvalue weighted by molar-refractivity contribution is 14.1. The SMILES string of the molecule is CC1CC2CN(I)CC2C1. The number of rotatable bonds is 0. The lowest BCUT2D eigenvalue weighted by Gasteiger charge is -2.07. The highest BCUT2D eigenvalue weighted by Crippen LogP contribution is 2.41. The average molecular weight is 251 g/mol. The van der Waals surface area contributed by atoms with E-state index in [0.29, 0.717) is 0 Å². The Morgan fingerprint density at radius 1 is 1.20 bits per heavy atom. The fourth-order valence-corrected chi connectivity index (χ4v) is 3.56. The average Bonchev–Trinajstić information content (AvgIpc) is 2.21. The van der Waals surface area contributed by atoms with Crippen LogP contribution in [0.3, 0.4) is 0 Å². The van der Waals surface area contributed by atoms with E-state index in [-0.39, 0.29) is 0 Å². The molecule has 2 heteroatoms. The van der Waals surface area contributed by atoms with Crippen LogP contribution >= 0.6 is 22.9 Å². The third-order valence-corrected chi connectivity index (χ3v) is 3.73. The van der Waals surface area contributed by atoms with Crippen LogP contribution in [-0.2, 0) is 0 Å². The lowest BCUT2D eigenvalue weighted by Crippen LogP contribution is -2.08. The second kappa shape index (κ2) is 2.63. The standard InChI is InChI=1S/C8H14IN/c1-6-2-7-4-10(9)5-8(7)3-6/h6-8H,2-5H2,1H3. The van der Waals surface area contributed by atoms with Crippen molar-refractivity contribution in [1.29, 1.82) is 0 Å². The van der Waals surface area contributed by atoms with Gasteiger partial charge in [-0.3, -0.25) is 0 Å². The Kier molecular flexibility index (Phi) is 1.93. The molecule has 1 saturated heterocycles. The zero-order valence-electron chi connectivity index (χ0n) is 6.39. The molecular formula is C8H14IN. The van der Waals surface area contributed by atoms with Gasteiger partial charge in [0.2, 0.25) is 0 Å². The van der Waals surface area contributed by atoms with Gasteiger partial charge >= 0.3 is 0 Å². The van der Waals surface area contributed by atoms with Gasteiger partial charge in [-0.15, -0.1) is 0 Å². The van der Waals surface area contributed by atoms with Crippen LogP contribution in [0.5, 0.6) is 0 Å². The quantitative estimate of drug-likeness (QED) is 0.471. The maximum atomic E-state index is 2.46. The monoisotopic (exact) mass is 251 g/mol. The minimum atomic E-state index is 1.01. The molecule has 1 heterocycles. The molecule has 0 aromatic rings. The lowest BCUT2D eigenvalue weighted by atomic mass is 10.0. The molecule has 0 aromatic carbocycles. The van der Waals surface area contributed by atoms with Crippen LogP contribution in [0.25, 0.3) is 0 Å². The zero-order chi connectivity index (χ0) is 7.14. The second-order valence-corrected chi connectivity index (χ2v) is 5.29. The van der Waals surface area contributed by atoms with Crippen molar-refractivity contribution in [2.75, 3.05) is 13.1 Å². The van der Waals surface area contributed by atoms with Gasteiger partial charge in [0.15, 0.2) is 0 Å². The second-order valence-electron chi connectivity index (χ2n) is 3.92. The van der Waals surface area contributed by atoms with Gasteiger partial charge < -0.3 is 0 Å². The smallest absolute Gasteiger partial charge is 0.0201 e. The molecule has 1 nitrogen and oxygen atoms in total. The molecule has 0 radical (unpaired) electrons. The summed E-state index contributed by atoms with van der Waals surface area (Å²) >= 11 is 2.46. The molecule has 0 aromatic heterocycles. The Bertz CT molecular complexity index is 109. The molecule has 10 heavy (non-hydrogen) atoms. The van der Waals surface area contributed by atoms with Gasteiger partial charge in [0.25, 0.3) is 0 Å². The predicted octanol–water partition coefficient (Wildman–Crippen LogP) is 2.31. The summed E-state index contributed by atoms with van der Waals surface area (Å²) in [6.07, 6.45) is 2.98. The fourth-order valence-electron chi connectivity index (χ4n) is 2.55. The summed E-state index contributed by atoms with van der Waals surface area (Å²) < 4.78 is 2.46. The van der Waals surface area contributed by atoms with Crippen molar-refractivity contribution >= 4 is 22.9 Å². The molecule has 2 aliphatic rings. The first-order valence-corrected chi connectivity index (χ1v) is 5.13. The molecule has 0 spiro atoms. The van der Waals surface area contributed by atoms with Gasteiger partial charge in [0.05, 0.1) is 0 Å². The fraction of sp³-hybridized carbons (Fsp3) is 1.00. The maximum absolute atomic E-state index is 2.46. The Morgan fingerprint density at radius 3 is 2.20 bits per heavy atom. The molecular weight excluding hydrogens is 237 g/mol. The Balaban J connectivity index is 2.00. The van der Waals surface area contributed by atoms with Gasteiger partial charge in [-0.2, -0.15) is 0 Å². The molecule has 2 unspecified atom stereocenters. The first-order valence-electron chi connectivity index (χ1n) is 4.16. The normalized spacial score (nSPS) is 48.0. The van der Waals surface area contributed by atoms with Crippen LogP contribution in [0.4, 0.5) is 0 Å². The Hall–Kier alpha value is 0.690. The summed E-state index contributed by atoms with van der Waals surface area (Å²) in [5.41, 5.74) is 0. The van der Waals surface area contributed by atoms with Crippen molar-refractivity contribution in [3.63, 3.8) is 0 Å². The van der Waals surface area contributed by atoms with Gasteiger partial charge in [-0.05, 0) is 30.6 Å². The lowest BCUT2D eigenvalue weighted by molar-refractivity contribution is 0.483. The van der Waals surface area contributed by atoms with Crippen LogP contribution in [0.15, 0.2) is 0 Å². The summed E-state index contributed by atoms with van der Waals surface area (Å²) in [5.74, 6) is 3.11. The van der Waals surface area contributed by atoms with E-state index in [2.05, 4.69) is 32.9 Å². The molecule has 1 saturated carbocycles. The molecule has 2 rings (SSSR count). The summed E-state index contributed by atoms with van der Waals surface area (Å²) in [6, 6.07) is 0. The van der Waals surface area contributed by atoms with Crippen molar-refractivity contribution in [1.82, 2.24) is 3.11 Å². The minimum absolute atomic E-state index is 1.01. The van der Waals surface area contributed by atoms with E-state index in [1.807, 2.05) is 0 Å². The van der Waals surface area contributed by atoms with E-state index in [1.54, 1.807) is 0 Å². The highest BCUT2D eigenvalue weighted by atomic mass is 127. The van der Waals surface area contributed by atoms with Crippen LogP contribution in [0.2, 0.25) is 0 Å². The Labute approximate surface area is 76.7 Å². The van der Waals surface area contributed by atoms with Crippen molar-refractivity contribution < 1.29 is 0 Å². The minimum Gasteiger partial charge on any atom is -0.247 e. The number of hydrogen-bond donors (Lipinski definition) is 0. The third kappa shape index (κ3) is 1.20. The number of halogens is 1. The van der Waals surface area contributed by atoms with Crippen LogP contribution in [0, 0.1) is 17.8 Å². The maximum Gasteiger partial charge on any atom is 0.0201 e. The van der Waals surface area contributed by atoms with Crippen molar-refractivity contribution in [2.24, 2.45) is 17.8 Å². The molecule has 58 valence electrons. The van der Waals surface area contributed by atoms with Crippen molar-refractivity contribution in [2.45, 2.75) is 19.8 Å². The Morgan fingerprint density at radius 2 is 1.70 bits per heavy atom. The first-order chi connectivity index (χ1) is 4.75. The zero-order valence-corrected chi connectivity index (χ0v) is 8.54. The third-order valence-electron chi connectivity index (χ3n) is 2.94. The van der Waals surface area contributed by atoms with E-state index >= 15 is 0 Å². The molecule has 2 fully saturated rings. The summed E-state index contributed by atoms with van der Waals surface area (Å²) in [7, 11) is 0.